The Morgan fingerprint density at radius 1 is 1.13 bits per heavy atom. The number of anilines is 1. The van der Waals surface area contributed by atoms with Crippen LogP contribution in [0, 0.1) is 5.82 Å². The van der Waals surface area contributed by atoms with Crippen molar-refractivity contribution in [2.75, 3.05) is 5.32 Å². The van der Waals surface area contributed by atoms with Gasteiger partial charge < -0.3 is 15.5 Å². The van der Waals surface area contributed by atoms with Crippen LogP contribution in [0.2, 0.25) is 0 Å². The zero-order valence-corrected chi connectivity index (χ0v) is 17.0. The zero-order valence-electron chi connectivity index (χ0n) is 17.0. The van der Waals surface area contributed by atoms with Crippen molar-refractivity contribution >= 4 is 16.6 Å². The fraction of sp³-hybridized carbons (Fsp3) is 0.391. The van der Waals surface area contributed by atoms with Crippen molar-refractivity contribution < 1.29 is 23.4 Å². The largest absolute Gasteiger partial charge is 0.393 e. The molecule has 3 N–H and O–H groups in total. The summed E-state index contributed by atoms with van der Waals surface area (Å²) in [6.45, 7) is 1.69. The molecule has 0 spiro atoms. The summed E-state index contributed by atoms with van der Waals surface area (Å²) in [5, 5.41) is 24.7. The Hall–Kier alpha value is -2.71. The molecular formula is C23H24F3N3O2. The van der Waals surface area contributed by atoms with Gasteiger partial charge in [0.2, 0.25) is 0 Å². The average molecular weight is 431 g/mol. The summed E-state index contributed by atoms with van der Waals surface area (Å²) < 4.78 is 40.7. The Balaban J connectivity index is 1.68. The molecule has 2 heterocycles. The summed E-state index contributed by atoms with van der Waals surface area (Å²) in [7, 11) is 0. The molecule has 0 bridgehead atoms. The number of aromatic nitrogens is 2. The van der Waals surface area contributed by atoms with Crippen molar-refractivity contribution in [2.24, 2.45) is 0 Å². The molecule has 5 nitrogen and oxygen atoms in total. The van der Waals surface area contributed by atoms with Gasteiger partial charge >= 0.3 is 0 Å². The van der Waals surface area contributed by atoms with Crippen LogP contribution in [0.15, 0.2) is 42.7 Å². The first-order chi connectivity index (χ1) is 14.8. The molecule has 31 heavy (non-hydrogen) atoms. The van der Waals surface area contributed by atoms with Crippen molar-refractivity contribution in [3.8, 4) is 0 Å². The minimum absolute atomic E-state index is 0.136. The lowest BCUT2D eigenvalue weighted by Gasteiger charge is -2.33. The minimum Gasteiger partial charge on any atom is -0.393 e. The van der Waals surface area contributed by atoms with Gasteiger partial charge in [-0.3, -0.25) is 9.97 Å². The summed E-state index contributed by atoms with van der Waals surface area (Å²) in [5.41, 5.74) is 0.0751. The average Bonchev–Trinajstić information content (AvgIpc) is 2.75. The third-order valence-corrected chi connectivity index (χ3v) is 6.02. The molecule has 0 aliphatic heterocycles. The zero-order chi connectivity index (χ0) is 22.2. The van der Waals surface area contributed by atoms with Crippen LogP contribution >= 0.6 is 0 Å². The topological polar surface area (TPSA) is 78.3 Å². The van der Waals surface area contributed by atoms with Gasteiger partial charge in [0.15, 0.2) is 0 Å². The molecule has 3 aromatic rings. The quantitative estimate of drug-likeness (QED) is 0.530. The van der Waals surface area contributed by atoms with Crippen LogP contribution in [0.1, 0.15) is 61.9 Å². The van der Waals surface area contributed by atoms with E-state index in [1.165, 1.54) is 12.1 Å². The molecule has 1 aromatic carbocycles. The number of nitrogens with one attached hydrogen (secondary N) is 1. The molecule has 1 aliphatic carbocycles. The molecule has 2 aromatic heterocycles. The van der Waals surface area contributed by atoms with Gasteiger partial charge in [-0.15, -0.1) is 0 Å². The molecule has 8 heteroatoms. The van der Waals surface area contributed by atoms with Crippen molar-refractivity contribution in [1.82, 2.24) is 9.97 Å². The third-order valence-electron chi connectivity index (χ3n) is 6.02. The van der Waals surface area contributed by atoms with Crippen LogP contribution in [-0.2, 0) is 5.60 Å². The second-order valence-electron chi connectivity index (χ2n) is 8.13. The molecule has 1 aliphatic rings. The van der Waals surface area contributed by atoms with Gasteiger partial charge in [0.25, 0.3) is 6.43 Å². The van der Waals surface area contributed by atoms with Crippen molar-refractivity contribution in [3.63, 3.8) is 0 Å². The summed E-state index contributed by atoms with van der Waals surface area (Å²) in [5.74, 6) is -0.923. The van der Waals surface area contributed by atoms with Crippen LogP contribution < -0.4 is 5.32 Å². The molecular weight excluding hydrogens is 407 g/mol. The fourth-order valence-electron chi connectivity index (χ4n) is 4.15. The molecule has 4 rings (SSSR count). The van der Waals surface area contributed by atoms with E-state index in [-0.39, 0.29) is 5.56 Å². The van der Waals surface area contributed by atoms with E-state index in [9.17, 15) is 23.4 Å². The fourth-order valence-corrected chi connectivity index (χ4v) is 4.15. The SMILES string of the molecule is C[C@@H](Nc1ccnc2cnc(C3(O)CCC(O)CC3)cc12)c1cccc(C(F)F)c1F. The number of benzene rings is 1. The van der Waals surface area contributed by atoms with Crippen molar-refractivity contribution in [1.29, 1.82) is 0 Å². The third kappa shape index (κ3) is 4.22. The Labute approximate surface area is 178 Å². The van der Waals surface area contributed by atoms with Gasteiger partial charge in [-0.2, -0.15) is 0 Å². The van der Waals surface area contributed by atoms with Crippen LogP contribution in [0.4, 0.5) is 18.9 Å². The number of hydrogen-bond donors (Lipinski definition) is 3. The predicted molar refractivity (Wildman–Crippen MR) is 111 cm³/mol. The first-order valence-electron chi connectivity index (χ1n) is 10.3. The van der Waals surface area contributed by atoms with Crippen LogP contribution in [0.25, 0.3) is 10.9 Å². The summed E-state index contributed by atoms with van der Waals surface area (Å²) in [6, 6.07) is 6.85. The molecule has 0 unspecified atom stereocenters. The Bertz CT molecular complexity index is 1080. The second kappa shape index (κ2) is 8.43. The lowest BCUT2D eigenvalue weighted by atomic mass is 9.80. The Kier molecular flexibility index (Phi) is 5.85. The van der Waals surface area contributed by atoms with Gasteiger partial charge in [0.1, 0.15) is 11.4 Å². The molecule has 1 saturated carbocycles. The van der Waals surface area contributed by atoms with E-state index in [4.69, 9.17) is 0 Å². The van der Waals surface area contributed by atoms with E-state index in [0.29, 0.717) is 48.0 Å². The maximum atomic E-state index is 14.6. The molecule has 0 saturated heterocycles. The van der Waals surface area contributed by atoms with E-state index in [0.717, 1.165) is 6.07 Å². The van der Waals surface area contributed by atoms with Gasteiger partial charge in [0.05, 0.1) is 35.1 Å². The number of rotatable bonds is 5. The number of pyridine rings is 2. The summed E-state index contributed by atoms with van der Waals surface area (Å²) in [4.78, 5) is 8.69. The van der Waals surface area contributed by atoms with Gasteiger partial charge in [-0.25, -0.2) is 13.2 Å². The van der Waals surface area contributed by atoms with Crippen LogP contribution in [0.5, 0.6) is 0 Å². The first-order valence-corrected chi connectivity index (χ1v) is 10.3. The van der Waals surface area contributed by atoms with Crippen LogP contribution in [0.3, 0.4) is 0 Å². The van der Waals surface area contributed by atoms with Gasteiger partial charge in [-0.05, 0) is 44.7 Å². The van der Waals surface area contributed by atoms with Gasteiger partial charge in [-0.1, -0.05) is 18.2 Å². The Morgan fingerprint density at radius 2 is 1.84 bits per heavy atom. The number of nitrogens with zero attached hydrogens (tertiary/aromatic N) is 2. The van der Waals surface area contributed by atoms with E-state index < -0.39 is 35.6 Å². The molecule has 0 radical (unpaired) electrons. The van der Waals surface area contributed by atoms with E-state index >= 15 is 0 Å². The highest BCUT2D eigenvalue weighted by atomic mass is 19.3. The second-order valence-corrected chi connectivity index (χ2v) is 8.13. The lowest BCUT2D eigenvalue weighted by Crippen LogP contribution is -2.34. The van der Waals surface area contributed by atoms with Crippen molar-refractivity contribution in [2.45, 2.75) is 56.8 Å². The number of hydrogen-bond acceptors (Lipinski definition) is 5. The van der Waals surface area contributed by atoms with Crippen LogP contribution in [-0.4, -0.2) is 26.3 Å². The minimum atomic E-state index is -2.89. The highest BCUT2D eigenvalue weighted by molar-refractivity contribution is 5.91. The molecule has 164 valence electrons. The maximum absolute atomic E-state index is 14.6. The molecule has 0 amide bonds. The van der Waals surface area contributed by atoms with Crippen molar-refractivity contribution in [3.05, 3.63) is 65.4 Å². The summed E-state index contributed by atoms with van der Waals surface area (Å²) >= 11 is 0. The summed E-state index contributed by atoms with van der Waals surface area (Å²) in [6.07, 6.45) is 1.63. The van der Waals surface area contributed by atoms with E-state index in [1.54, 1.807) is 31.5 Å². The van der Waals surface area contributed by atoms with E-state index in [2.05, 4.69) is 15.3 Å². The number of fused-ring (bicyclic) bond motifs is 1. The predicted octanol–water partition coefficient (Wildman–Crippen LogP) is 5.00. The lowest BCUT2D eigenvalue weighted by molar-refractivity contribution is -0.0390. The standard InChI is InChI=1S/C23H24F3N3O2/c1-13(15-3-2-4-16(21(15)24)22(25)26)29-18-7-10-27-19-12-28-20(11-17(18)19)23(31)8-5-14(30)6-9-23/h2-4,7,10-14,22,30-31H,5-6,8-9H2,1H3,(H,27,29)/t13-,14?,23?/m1/s1. The highest BCUT2D eigenvalue weighted by Gasteiger charge is 2.35. The monoisotopic (exact) mass is 431 g/mol. The highest BCUT2D eigenvalue weighted by Crippen LogP contribution is 2.38. The number of aliphatic hydroxyl groups excluding tert-OH is 1. The first kappa shape index (κ1) is 21.5. The van der Waals surface area contributed by atoms with E-state index in [1.807, 2.05) is 0 Å². The molecule has 1 fully saturated rings. The molecule has 1 atom stereocenters. The number of aliphatic hydroxyl groups is 2. The smallest absolute Gasteiger partial charge is 0.266 e. The van der Waals surface area contributed by atoms with Gasteiger partial charge in [0, 0.05) is 22.8 Å². The number of halogens is 3. The maximum Gasteiger partial charge on any atom is 0.266 e. The normalized spacial score (nSPS) is 22.6. The number of alkyl halides is 2. The Morgan fingerprint density at radius 3 is 2.55 bits per heavy atom.